The number of para-hydroxylation sites is 1. The van der Waals surface area contributed by atoms with Gasteiger partial charge in [-0.3, -0.25) is 9.69 Å². The average molecular weight is 474 g/mol. The molecule has 2 aromatic rings. The number of halogens is 1. The van der Waals surface area contributed by atoms with Crippen LogP contribution in [-0.4, -0.2) is 38.7 Å². The molecular formula is C24H28ClN3O5. The summed E-state index contributed by atoms with van der Waals surface area (Å²) < 4.78 is 22.9. The molecule has 3 rings (SSSR count). The predicted molar refractivity (Wildman–Crippen MR) is 128 cm³/mol. The van der Waals surface area contributed by atoms with Gasteiger partial charge in [-0.15, -0.1) is 0 Å². The first-order valence-electron chi connectivity index (χ1n) is 10.4. The van der Waals surface area contributed by atoms with Crippen molar-refractivity contribution >= 4 is 29.1 Å². The summed E-state index contributed by atoms with van der Waals surface area (Å²) in [5.41, 5.74) is 2.63. The Bertz CT molecular complexity index is 1070. The third-order valence-corrected chi connectivity index (χ3v) is 5.59. The lowest BCUT2D eigenvalue weighted by molar-refractivity contribution is -0.146. The number of hydrogen-bond donors (Lipinski definition) is 1. The van der Waals surface area contributed by atoms with E-state index >= 15 is 0 Å². The molecule has 2 N–H and O–H groups in total. The molecule has 176 valence electrons. The summed E-state index contributed by atoms with van der Waals surface area (Å²) in [7, 11) is 3.12. The summed E-state index contributed by atoms with van der Waals surface area (Å²) in [5, 5.41) is 4.38. The third kappa shape index (κ3) is 4.91. The van der Waals surface area contributed by atoms with E-state index in [0.717, 1.165) is 11.3 Å². The Hall–Kier alpha value is -3.23. The van der Waals surface area contributed by atoms with Gasteiger partial charge in [-0.2, -0.15) is 5.10 Å². The molecule has 2 aromatic carbocycles. The lowest BCUT2D eigenvalue weighted by Crippen LogP contribution is -2.35. The number of amidine groups is 1. The fraction of sp³-hybridized carbons (Fsp3) is 0.333. The Morgan fingerprint density at radius 2 is 2.00 bits per heavy atom. The molecule has 0 saturated heterocycles. The molecule has 0 amide bonds. The van der Waals surface area contributed by atoms with Gasteiger partial charge in [-0.25, -0.2) is 0 Å². The molecule has 33 heavy (non-hydrogen) atoms. The number of nitrogens with two attached hydrogens (primary N) is 1. The summed E-state index contributed by atoms with van der Waals surface area (Å²) >= 11 is 6.39. The van der Waals surface area contributed by atoms with Crippen LogP contribution in [0.1, 0.15) is 37.5 Å². The minimum Gasteiger partial charge on any atom is -0.493 e. The van der Waals surface area contributed by atoms with Crippen LogP contribution >= 0.6 is 11.6 Å². The molecule has 1 heterocycles. The van der Waals surface area contributed by atoms with Crippen molar-refractivity contribution in [1.82, 2.24) is 0 Å². The number of ether oxygens (including phenoxy) is 4. The van der Waals surface area contributed by atoms with Crippen molar-refractivity contribution < 1.29 is 23.7 Å². The second kappa shape index (κ2) is 10.6. The van der Waals surface area contributed by atoms with Gasteiger partial charge in [0.2, 0.25) is 0 Å². The van der Waals surface area contributed by atoms with Gasteiger partial charge in [0.1, 0.15) is 18.0 Å². The Kier molecular flexibility index (Phi) is 7.84. The molecule has 0 spiro atoms. The maximum absolute atomic E-state index is 12.4. The summed E-state index contributed by atoms with van der Waals surface area (Å²) in [5.74, 6) is 6.75. The summed E-state index contributed by atoms with van der Waals surface area (Å²) in [6.45, 7) is 7.97. The maximum Gasteiger partial charge on any atom is 0.308 e. The fourth-order valence-electron chi connectivity index (χ4n) is 3.89. The Labute approximate surface area is 198 Å². The smallest absolute Gasteiger partial charge is 0.308 e. The zero-order valence-electron chi connectivity index (χ0n) is 19.1. The molecular weight excluding hydrogens is 446 g/mol. The first kappa shape index (κ1) is 24.4. The van der Waals surface area contributed by atoms with Crippen LogP contribution in [0.2, 0.25) is 5.02 Å². The van der Waals surface area contributed by atoms with Crippen molar-refractivity contribution in [3.05, 3.63) is 64.8 Å². The molecule has 9 heteroatoms. The lowest BCUT2D eigenvalue weighted by Gasteiger charge is -2.28. The highest BCUT2D eigenvalue weighted by molar-refractivity contribution is 6.30. The number of esters is 1. The number of carbonyl (C=O) groups is 1. The zero-order chi connectivity index (χ0) is 24.1. The number of rotatable bonds is 6. The second-order valence-electron chi connectivity index (χ2n) is 7.30. The number of fused-ring (bicyclic) bond motifs is 1. The Morgan fingerprint density at radius 1 is 1.24 bits per heavy atom. The van der Waals surface area contributed by atoms with Crippen LogP contribution in [0.25, 0.3) is 0 Å². The zero-order valence-corrected chi connectivity index (χ0v) is 19.9. The largest absolute Gasteiger partial charge is 0.493 e. The van der Waals surface area contributed by atoms with Gasteiger partial charge in [0.25, 0.3) is 0 Å². The van der Waals surface area contributed by atoms with E-state index in [-0.39, 0.29) is 13.0 Å². The van der Waals surface area contributed by atoms with Crippen LogP contribution in [0.3, 0.4) is 0 Å². The van der Waals surface area contributed by atoms with Gasteiger partial charge in [0, 0.05) is 21.8 Å². The fourth-order valence-corrected chi connectivity index (χ4v) is 4.07. The molecule has 8 nitrogen and oxygen atoms in total. The van der Waals surface area contributed by atoms with Crippen LogP contribution in [0.15, 0.2) is 53.8 Å². The maximum atomic E-state index is 12.4. The summed E-state index contributed by atoms with van der Waals surface area (Å²) in [6, 6.07) is 10.9. The van der Waals surface area contributed by atoms with E-state index < -0.39 is 18.2 Å². The van der Waals surface area contributed by atoms with Crippen LogP contribution in [-0.2, 0) is 14.3 Å². The van der Waals surface area contributed by atoms with Gasteiger partial charge < -0.3 is 24.8 Å². The number of benzene rings is 2. The number of nitrogens with zero attached hydrogens (tertiary/aromatic N) is 2. The molecule has 0 bridgehead atoms. The van der Waals surface area contributed by atoms with E-state index in [1.54, 1.807) is 51.2 Å². The molecule has 0 aliphatic carbocycles. The van der Waals surface area contributed by atoms with Crippen LogP contribution in [0, 0.1) is 0 Å². The second-order valence-corrected chi connectivity index (χ2v) is 7.74. The number of methoxy groups -OCH3 is 2. The summed E-state index contributed by atoms with van der Waals surface area (Å²) in [6.07, 6.45) is -1.46. The minimum absolute atomic E-state index is 0.0501. The van der Waals surface area contributed by atoms with Gasteiger partial charge in [0.15, 0.2) is 11.5 Å². The Balaban J connectivity index is 2.26. The van der Waals surface area contributed by atoms with Gasteiger partial charge in [-0.05, 0) is 38.1 Å². The number of anilines is 1. The molecule has 0 saturated carbocycles. The van der Waals surface area contributed by atoms with Crippen LogP contribution in [0.4, 0.5) is 5.69 Å². The van der Waals surface area contributed by atoms with Crippen LogP contribution < -0.4 is 20.2 Å². The minimum atomic E-state index is -0.743. The molecule has 1 aliphatic heterocycles. The number of hydrogen-bond acceptors (Lipinski definition) is 7. The monoisotopic (exact) mass is 473 g/mol. The molecule has 0 unspecified atom stereocenters. The standard InChI is InChI=1S/C24H28ClN3O5/c1-6-32-22(29)13-21-14(2)28(15(3)27-26)19-11-10-16(25)12-18(19)23(33-21)17-8-7-9-20(30-4)24(17)31-5/h7-12,21,23H,2,6,13,26H2,1,3-5H3/b27-15-/t21-,23-/m1/s1. The van der Waals surface area contributed by atoms with Crippen molar-refractivity contribution in [2.24, 2.45) is 10.9 Å². The quantitative estimate of drug-likeness (QED) is 0.218. The van der Waals surface area contributed by atoms with E-state index in [9.17, 15) is 4.79 Å². The highest BCUT2D eigenvalue weighted by Crippen LogP contribution is 2.46. The van der Waals surface area contributed by atoms with Gasteiger partial charge in [-0.1, -0.05) is 30.3 Å². The third-order valence-electron chi connectivity index (χ3n) is 5.36. The normalized spacial score (nSPS) is 18.4. The van der Waals surface area contributed by atoms with Gasteiger partial charge in [0.05, 0.1) is 32.9 Å². The van der Waals surface area contributed by atoms with Crippen molar-refractivity contribution in [3.8, 4) is 11.5 Å². The Morgan fingerprint density at radius 3 is 2.64 bits per heavy atom. The molecule has 0 aromatic heterocycles. The van der Waals surface area contributed by atoms with E-state index in [4.69, 9.17) is 36.4 Å². The van der Waals surface area contributed by atoms with Crippen molar-refractivity contribution in [1.29, 1.82) is 0 Å². The predicted octanol–water partition coefficient (Wildman–Crippen LogP) is 4.41. The molecule has 0 radical (unpaired) electrons. The first-order chi connectivity index (χ1) is 15.9. The van der Waals surface area contributed by atoms with Crippen molar-refractivity contribution in [2.75, 3.05) is 25.7 Å². The molecule has 0 fully saturated rings. The van der Waals surface area contributed by atoms with Gasteiger partial charge >= 0.3 is 5.97 Å². The topological polar surface area (TPSA) is 95.6 Å². The SMILES string of the molecule is C=C1[C@@H](CC(=O)OCC)O[C@H](c2cccc(OC)c2OC)c2cc(Cl)ccc2N1/C(C)=N\N. The molecule has 1 aliphatic rings. The number of hydrazone groups is 1. The summed E-state index contributed by atoms with van der Waals surface area (Å²) in [4.78, 5) is 14.2. The van der Waals surface area contributed by atoms with E-state index in [1.165, 1.54) is 0 Å². The highest BCUT2D eigenvalue weighted by Gasteiger charge is 2.37. The lowest BCUT2D eigenvalue weighted by atomic mass is 9.98. The molecule has 2 atom stereocenters. The van der Waals surface area contributed by atoms with Crippen molar-refractivity contribution in [2.45, 2.75) is 32.5 Å². The van der Waals surface area contributed by atoms with Crippen LogP contribution in [0.5, 0.6) is 11.5 Å². The number of carbonyl (C=O) groups excluding carboxylic acids is 1. The van der Waals surface area contributed by atoms with E-state index in [1.807, 2.05) is 18.2 Å². The van der Waals surface area contributed by atoms with E-state index in [0.29, 0.717) is 33.6 Å². The first-order valence-corrected chi connectivity index (χ1v) is 10.8. The highest BCUT2D eigenvalue weighted by atomic mass is 35.5. The average Bonchev–Trinajstić information content (AvgIpc) is 2.92. The van der Waals surface area contributed by atoms with Crippen molar-refractivity contribution in [3.63, 3.8) is 0 Å². The van der Waals surface area contributed by atoms with E-state index in [2.05, 4.69) is 11.7 Å².